The quantitative estimate of drug-likeness (QED) is 0.813. The summed E-state index contributed by atoms with van der Waals surface area (Å²) in [5.41, 5.74) is 0.584. The molecule has 2 rings (SSSR count). The molecule has 0 atom stereocenters. The summed E-state index contributed by atoms with van der Waals surface area (Å²) in [5, 5.41) is 4.79. The maximum atomic E-state index is 13.6. The van der Waals surface area contributed by atoms with Gasteiger partial charge in [0.2, 0.25) is 17.7 Å². The van der Waals surface area contributed by atoms with Crippen molar-refractivity contribution < 1.29 is 23.2 Å². The summed E-state index contributed by atoms with van der Waals surface area (Å²) in [6.45, 7) is 2.75. The Morgan fingerprint density at radius 1 is 0.926 bits per heavy atom. The Bertz CT molecular complexity index is 834. The second kappa shape index (κ2) is 8.88. The number of rotatable bonds is 6. The minimum Gasteiger partial charge on any atom is -0.326 e. The number of nitrogens with zero attached hydrogens (tertiary/aromatic N) is 1. The number of amides is 3. The first-order valence-corrected chi connectivity index (χ1v) is 8.17. The smallest absolute Gasteiger partial charge is 0.226 e. The van der Waals surface area contributed by atoms with Gasteiger partial charge in [0, 0.05) is 38.2 Å². The second-order valence-corrected chi connectivity index (χ2v) is 5.79. The summed E-state index contributed by atoms with van der Waals surface area (Å²) < 4.78 is 27.2. The number of hydrogen-bond acceptors (Lipinski definition) is 3. The Hall–Kier alpha value is -3.29. The van der Waals surface area contributed by atoms with Gasteiger partial charge in [-0.2, -0.15) is 0 Å². The largest absolute Gasteiger partial charge is 0.326 e. The van der Waals surface area contributed by atoms with Crippen molar-refractivity contribution in [2.75, 3.05) is 22.1 Å². The lowest BCUT2D eigenvalue weighted by atomic mass is 10.2. The first-order chi connectivity index (χ1) is 12.8. The molecule has 27 heavy (non-hydrogen) atoms. The zero-order chi connectivity index (χ0) is 20.0. The van der Waals surface area contributed by atoms with Gasteiger partial charge in [-0.1, -0.05) is 6.07 Å². The van der Waals surface area contributed by atoms with Crippen LogP contribution in [0.15, 0.2) is 42.5 Å². The number of para-hydroxylation sites is 1. The van der Waals surface area contributed by atoms with Crippen LogP contribution in [0.5, 0.6) is 0 Å². The van der Waals surface area contributed by atoms with E-state index in [4.69, 9.17) is 0 Å². The van der Waals surface area contributed by atoms with Crippen LogP contribution in [0.2, 0.25) is 0 Å². The molecule has 2 aromatic rings. The average Bonchev–Trinajstić information content (AvgIpc) is 2.59. The van der Waals surface area contributed by atoms with E-state index >= 15 is 0 Å². The topological polar surface area (TPSA) is 78.5 Å². The molecule has 142 valence electrons. The highest BCUT2D eigenvalue weighted by atomic mass is 19.1. The van der Waals surface area contributed by atoms with Gasteiger partial charge in [-0.25, -0.2) is 8.78 Å². The van der Waals surface area contributed by atoms with Crippen LogP contribution in [-0.2, 0) is 14.4 Å². The minimum absolute atomic E-state index is 0.0245. The van der Waals surface area contributed by atoms with Gasteiger partial charge in [-0.05, 0) is 36.4 Å². The third kappa shape index (κ3) is 5.60. The third-order valence-electron chi connectivity index (χ3n) is 3.67. The maximum absolute atomic E-state index is 13.6. The molecule has 0 aliphatic rings. The summed E-state index contributed by atoms with van der Waals surface area (Å²) in [7, 11) is 0. The number of benzene rings is 2. The van der Waals surface area contributed by atoms with E-state index in [9.17, 15) is 23.2 Å². The Balaban J connectivity index is 2.03. The number of anilines is 3. The van der Waals surface area contributed by atoms with Crippen LogP contribution in [0.3, 0.4) is 0 Å². The predicted octanol–water partition coefficient (Wildman–Crippen LogP) is 3.30. The molecule has 0 aliphatic heterocycles. The van der Waals surface area contributed by atoms with Crippen molar-refractivity contribution in [1.29, 1.82) is 0 Å². The fourth-order valence-corrected chi connectivity index (χ4v) is 2.43. The summed E-state index contributed by atoms with van der Waals surface area (Å²) >= 11 is 0. The molecule has 0 saturated carbocycles. The SMILES string of the molecule is CC(=O)Nc1ccc(N(CCC(=O)Nc2c(F)cccc2F)C(C)=O)cc1. The Kier molecular flexibility index (Phi) is 6.59. The molecule has 0 bridgehead atoms. The molecule has 0 radical (unpaired) electrons. The van der Waals surface area contributed by atoms with Crippen LogP contribution in [-0.4, -0.2) is 24.3 Å². The van der Waals surface area contributed by atoms with Crippen LogP contribution in [0.25, 0.3) is 0 Å². The fraction of sp³-hybridized carbons (Fsp3) is 0.211. The highest BCUT2D eigenvalue weighted by Crippen LogP contribution is 2.20. The number of carbonyl (C=O) groups is 3. The Morgan fingerprint density at radius 3 is 2.04 bits per heavy atom. The van der Waals surface area contributed by atoms with E-state index in [0.29, 0.717) is 11.4 Å². The first kappa shape index (κ1) is 20.0. The van der Waals surface area contributed by atoms with Gasteiger partial charge in [0.25, 0.3) is 0 Å². The van der Waals surface area contributed by atoms with Crippen molar-refractivity contribution in [2.45, 2.75) is 20.3 Å². The zero-order valence-electron chi connectivity index (χ0n) is 14.9. The monoisotopic (exact) mass is 375 g/mol. The van der Waals surface area contributed by atoms with Gasteiger partial charge in [0.15, 0.2) is 0 Å². The predicted molar refractivity (Wildman–Crippen MR) is 98.4 cm³/mol. The van der Waals surface area contributed by atoms with Gasteiger partial charge in [0.1, 0.15) is 17.3 Å². The summed E-state index contributed by atoms with van der Waals surface area (Å²) in [4.78, 5) is 36.3. The van der Waals surface area contributed by atoms with Gasteiger partial charge in [-0.15, -0.1) is 0 Å². The van der Waals surface area contributed by atoms with Crippen molar-refractivity contribution in [2.24, 2.45) is 0 Å². The summed E-state index contributed by atoms with van der Waals surface area (Å²) in [5.74, 6) is -2.89. The molecule has 2 N–H and O–H groups in total. The van der Waals surface area contributed by atoms with Crippen LogP contribution < -0.4 is 15.5 Å². The lowest BCUT2D eigenvalue weighted by molar-refractivity contribution is -0.117. The van der Waals surface area contributed by atoms with E-state index in [-0.39, 0.29) is 24.8 Å². The molecular formula is C19H19F2N3O3. The van der Waals surface area contributed by atoms with E-state index in [1.54, 1.807) is 24.3 Å². The highest BCUT2D eigenvalue weighted by molar-refractivity contribution is 5.95. The number of nitrogens with one attached hydrogen (secondary N) is 2. The Morgan fingerprint density at radius 2 is 1.52 bits per heavy atom. The molecule has 8 heteroatoms. The van der Waals surface area contributed by atoms with Crippen LogP contribution >= 0.6 is 0 Å². The van der Waals surface area contributed by atoms with Gasteiger partial charge >= 0.3 is 0 Å². The fourth-order valence-electron chi connectivity index (χ4n) is 2.43. The zero-order valence-corrected chi connectivity index (χ0v) is 14.9. The van der Waals surface area contributed by atoms with E-state index in [1.165, 1.54) is 24.8 Å². The molecule has 0 spiro atoms. The minimum atomic E-state index is -0.875. The van der Waals surface area contributed by atoms with E-state index < -0.39 is 23.2 Å². The van der Waals surface area contributed by atoms with Crippen molar-refractivity contribution in [3.63, 3.8) is 0 Å². The standard InChI is InChI=1S/C19H19F2N3O3/c1-12(25)22-14-6-8-15(9-7-14)24(13(2)26)11-10-18(27)23-19-16(20)4-3-5-17(19)21/h3-9H,10-11H2,1-2H3,(H,22,25)(H,23,27). The number of halogens is 2. The average molecular weight is 375 g/mol. The van der Waals surface area contributed by atoms with Crippen molar-refractivity contribution >= 4 is 34.8 Å². The lowest BCUT2D eigenvalue weighted by Gasteiger charge is -2.21. The van der Waals surface area contributed by atoms with Gasteiger partial charge in [-0.3, -0.25) is 14.4 Å². The normalized spacial score (nSPS) is 10.2. The molecule has 6 nitrogen and oxygen atoms in total. The van der Waals surface area contributed by atoms with Gasteiger partial charge in [0.05, 0.1) is 0 Å². The molecule has 0 aliphatic carbocycles. The molecule has 3 amide bonds. The van der Waals surface area contributed by atoms with E-state index in [2.05, 4.69) is 10.6 Å². The second-order valence-electron chi connectivity index (χ2n) is 5.79. The molecule has 0 fully saturated rings. The molecule has 2 aromatic carbocycles. The van der Waals surface area contributed by atoms with Crippen molar-refractivity contribution in [3.8, 4) is 0 Å². The molecular weight excluding hydrogens is 356 g/mol. The van der Waals surface area contributed by atoms with E-state index in [1.807, 2.05) is 0 Å². The summed E-state index contributed by atoms with van der Waals surface area (Å²) in [6.07, 6.45) is -0.152. The third-order valence-corrected chi connectivity index (χ3v) is 3.67. The number of hydrogen-bond donors (Lipinski definition) is 2. The van der Waals surface area contributed by atoms with E-state index in [0.717, 1.165) is 12.1 Å². The van der Waals surface area contributed by atoms with Crippen molar-refractivity contribution in [3.05, 3.63) is 54.1 Å². The van der Waals surface area contributed by atoms with Gasteiger partial charge < -0.3 is 15.5 Å². The molecule has 0 heterocycles. The van der Waals surface area contributed by atoms with Crippen LogP contribution in [0.1, 0.15) is 20.3 Å². The molecule has 0 unspecified atom stereocenters. The van der Waals surface area contributed by atoms with Crippen molar-refractivity contribution in [1.82, 2.24) is 0 Å². The maximum Gasteiger partial charge on any atom is 0.226 e. The highest BCUT2D eigenvalue weighted by Gasteiger charge is 2.16. The summed E-state index contributed by atoms with van der Waals surface area (Å²) in [6, 6.07) is 9.78. The van der Waals surface area contributed by atoms with Crippen LogP contribution in [0.4, 0.5) is 25.8 Å². The number of carbonyl (C=O) groups excluding carboxylic acids is 3. The van der Waals surface area contributed by atoms with Crippen LogP contribution in [0, 0.1) is 11.6 Å². The molecule has 0 aromatic heterocycles. The Labute approximate surface area is 155 Å². The molecule has 0 saturated heterocycles. The lowest BCUT2D eigenvalue weighted by Crippen LogP contribution is -2.32. The first-order valence-electron chi connectivity index (χ1n) is 8.17.